The van der Waals surface area contributed by atoms with E-state index >= 15 is 0 Å². The summed E-state index contributed by atoms with van der Waals surface area (Å²) in [5, 5.41) is 8.95. The van der Waals surface area contributed by atoms with E-state index in [4.69, 9.17) is 0 Å². The summed E-state index contributed by atoms with van der Waals surface area (Å²) in [7, 11) is 2.17. The van der Waals surface area contributed by atoms with Crippen LogP contribution in [0.2, 0.25) is 0 Å². The molecule has 0 unspecified atom stereocenters. The number of anilines is 1. The Labute approximate surface area is 135 Å². The summed E-state index contributed by atoms with van der Waals surface area (Å²) >= 11 is 1.76. The summed E-state index contributed by atoms with van der Waals surface area (Å²) in [5.41, 5.74) is 2.44. The minimum atomic E-state index is 0.944. The number of nitrogens with zero attached hydrogens (tertiary/aromatic N) is 2. The molecular weight excluding hydrogens is 290 g/mol. The molecule has 0 fully saturated rings. The lowest BCUT2D eigenvalue weighted by atomic mass is 10.2. The highest BCUT2D eigenvalue weighted by Gasteiger charge is 2.01. The monoisotopic (exact) mass is 311 g/mol. The lowest BCUT2D eigenvalue weighted by Crippen LogP contribution is -2.21. The summed E-state index contributed by atoms with van der Waals surface area (Å²) in [6.07, 6.45) is 1.11. The standard InChI is InChI=1S/C18H21N3S/c1-21(13-15-9-12-22-14-15)11-4-10-19-18-8-7-16-5-2-3-6-17(16)20-18/h2-3,5-9,12,14H,4,10-11,13H2,1H3,(H,19,20). The molecular formula is C18H21N3S. The molecule has 1 aromatic carbocycles. The van der Waals surface area contributed by atoms with Gasteiger partial charge in [0, 0.05) is 18.5 Å². The van der Waals surface area contributed by atoms with E-state index in [1.54, 1.807) is 11.3 Å². The van der Waals surface area contributed by atoms with Crippen LogP contribution in [-0.2, 0) is 6.54 Å². The minimum Gasteiger partial charge on any atom is -0.370 e. The maximum atomic E-state index is 4.63. The van der Waals surface area contributed by atoms with Crippen LogP contribution in [0, 0.1) is 0 Å². The summed E-state index contributed by atoms with van der Waals surface area (Å²) < 4.78 is 0. The van der Waals surface area contributed by atoms with Crippen molar-refractivity contribution in [3.05, 3.63) is 58.8 Å². The first-order chi connectivity index (χ1) is 10.8. The van der Waals surface area contributed by atoms with Crippen LogP contribution in [0.3, 0.4) is 0 Å². The van der Waals surface area contributed by atoms with Gasteiger partial charge >= 0.3 is 0 Å². The Morgan fingerprint density at radius 3 is 2.91 bits per heavy atom. The average Bonchev–Trinajstić information content (AvgIpc) is 3.04. The highest BCUT2D eigenvalue weighted by molar-refractivity contribution is 7.07. The summed E-state index contributed by atoms with van der Waals surface area (Å²) in [6, 6.07) is 14.6. The van der Waals surface area contributed by atoms with E-state index in [2.05, 4.69) is 63.3 Å². The first-order valence-corrected chi connectivity index (χ1v) is 8.55. The van der Waals surface area contributed by atoms with Gasteiger partial charge in [0.2, 0.25) is 0 Å². The second-order valence-corrected chi connectivity index (χ2v) is 6.32. The molecule has 0 spiro atoms. The molecule has 1 N–H and O–H groups in total. The van der Waals surface area contributed by atoms with Gasteiger partial charge in [-0.05, 0) is 60.6 Å². The predicted octanol–water partition coefficient (Wildman–Crippen LogP) is 4.23. The van der Waals surface area contributed by atoms with Crippen molar-refractivity contribution in [3.63, 3.8) is 0 Å². The van der Waals surface area contributed by atoms with E-state index in [1.165, 1.54) is 10.9 Å². The molecule has 0 amide bonds. The predicted molar refractivity (Wildman–Crippen MR) is 95.5 cm³/mol. The third kappa shape index (κ3) is 4.06. The summed E-state index contributed by atoms with van der Waals surface area (Å²) in [6.45, 7) is 3.05. The van der Waals surface area contributed by atoms with Crippen LogP contribution in [0.5, 0.6) is 0 Å². The summed E-state index contributed by atoms with van der Waals surface area (Å²) in [5.74, 6) is 0.958. The molecule has 22 heavy (non-hydrogen) atoms. The van der Waals surface area contributed by atoms with Crippen molar-refractivity contribution in [2.75, 3.05) is 25.5 Å². The van der Waals surface area contributed by atoms with Crippen molar-refractivity contribution in [2.24, 2.45) is 0 Å². The molecule has 3 aromatic rings. The Balaban J connectivity index is 1.44. The quantitative estimate of drug-likeness (QED) is 0.662. The maximum absolute atomic E-state index is 4.63. The molecule has 0 saturated carbocycles. The second-order valence-electron chi connectivity index (χ2n) is 5.54. The third-order valence-electron chi connectivity index (χ3n) is 3.65. The molecule has 4 heteroatoms. The Hall–Kier alpha value is -1.91. The fourth-order valence-electron chi connectivity index (χ4n) is 2.50. The van der Waals surface area contributed by atoms with Crippen molar-refractivity contribution in [1.29, 1.82) is 0 Å². The van der Waals surface area contributed by atoms with Crippen molar-refractivity contribution in [2.45, 2.75) is 13.0 Å². The van der Waals surface area contributed by atoms with Crippen molar-refractivity contribution >= 4 is 28.1 Å². The van der Waals surface area contributed by atoms with E-state index in [-0.39, 0.29) is 0 Å². The number of hydrogen-bond acceptors (Lipinski definition) is 4. The average molecular weight is 311 g/mol. The van der Waals surface area contributed by atoms with Gasteiger partial charge in [0.1, 0.15) is 5.82 Å². The number of pyridine rings is 1. The second kappa shape index (κ2) is 7.38. The highest BCUT2D eigenvalue weighted by atomic mass is 32.1. The zero-order chi connectivity index (χ0) is 15.2. The molecule has 3 nitrogen and oxygen atoms in total. The van der Waals surface area contributed by atoms with Gasteiger partial charge < -0.3 is 10.2 Å². The van der Waals surface area contributed by atoms with E-state index in [0.29, 0.717) is 0 Å². The molecule has 0 radical (unpaired) electrons. The number of fused-ring (bicyclic) bond motifs is 1. The van der Waals surface area contributed by atoms with Crippen molar-refractivity contribution in [3.8, 4) is 0 Å². The molecule has 0 aliphatic carbocycles. The molecule has 114 valence electrons. The smallest absolute Gasteiger partial charge is 0.126 e. The zero-order valence-corrected chi connectivity index (χ0v) is 13.6. The van der Waals surface area contributed by atoms with Crippen LogP contribution < -0.4 is 5.32 Å². The molecule has 3 rings (SSSR count). The third-order valence-corrected chi connectivity index (χ3v) is 4.39. The topological polar surface area (TPSA) is 28.2 Å². The largest absolute Gasteiger partial charge is 0.370 e. The Morgan fingerprint density at radius 2 is 2.05 bits per heavy atom. The Bertz CT molecular complexity index is 709. The highest BCUT2D eigenvalue weighted by Crippen LogP contribution is 2.14. The molecule has 0 atom stereocenters. The first kappa shape index (κ1) is 15.0. The van der Waals surface area contributed by atoms with Gasteiger partial charge in [0.15, 0.2) is 0 Å². The first-order valence-electron chi connectivity index (χ1n) is 7.60. The number of aromatic nitrogens is 1. The number of para-hydroxylation sites is 1. The number of thiophene rings is 1. The van der Waals surface area contributed by atoms with E-state index in [9.17, 15) is 0 Å². The van der Waals surface area contributed by atoms with Gasteiger partial charge in [-0.25, -0.2) is 4.98 Å². The van der Waals surface area contributed by atoms with Crippen LogP contribution >= 0.6 is 11.3 Å². The molecule has 0 saturated heterocycles. The number of rotatable bonds is 7. The number of benzene rings is 1. The lowest BCUT2D eigenvalue weighted by Gasteiger charge is -2.16. The molecule has 0 bridgehead atoms. The minimum absolute atomic E-state index is 0.944. The molecule has 0 aliphatic rings. The SMILES string of the molecule is CN(CCCNc1ccc2ccccc2n1)Cc1ccsc1. The van der Waals surface area contributed by atoms with Crippen LogP contribution in [0.4, 0.5) is 5.82 Å². The van der Waals surface area contributed by atoms with Crippen LogP contribution in [0.15, 0.2) is 53.2 Å². The van der Waals surface area contributed by atoms with Gasteiger partial charge in [-0.1, -0.05) is 18.2 Å². The van der Waals surface area contributed by atoms with Crippen molar-refractivity contribution < 1.29 is 0 Å². The van der Waals surface area contributed by atoms with Crippen molar-refractivity contribution in [1.82, 2.24) is 9.88 Å². The Morgan fingerprint density at radius 1 is 1.14 bits per heavy atom. The van der Waals surface area contributed by atoms with Crippen LogP contribution in [0.25, 0.3) is 10.9 Å². The normalized spacial score (nSPS) is 11.2. The van der Waals surface area contributed by atoms with E-state index in [1.807, 2.05) is 12.1 Å². The fourth-order valence-corrected chi connectivity index (χ4v) is 3.16. The van der Waals surface area contributed by atoms with Crippen LogP contribution in [-0.4, -0.2) is 30.0 Å². The molecule has 2 aromatic heterocycles. The molecule has 0 aliphatic heterocycles. The lowest BCUT2D eigenvalue weighted by molar-refractivity contribution is 0.326. The van der Waals surface area contributed by atoms with Gasteiger partial charge in [-0.2, -0.15) is 11.3 Å². The van der Waals surface area contributed by atoms with E-state index in [0.717, 1.165) is 37.4 Å². The fraction of sp³-hybridized carbons (Fsp3) is 0.278. The molecule has 2 heterocycles. The van der Waals surface area contributed by atoms with Gasteiger partial charge in [-0.3, -0.25) is 0 Å². The number of nitrogens with one attached hydrogen (secondary N) is 1. The number of hydrogen-bond donors (Lipinski definition) is 1. The zero-order valence-electron chi connectivity index (χ0n) is 12.8. The van der Waals surface area contributed by atoms with Crippen LogP contribution in [0.1, 0.15) is 12.0 Å². The van der Waals surface area contributed by atoms with E-state index < -0.39 is 0 Å². The maximum Gasteiger partial charge on any atom is 0.126 e. The van der Waals surface area contributed by atoms with Gasteiger partial charge in [-0.15, -0.1) is 0 Å². The Kier molecular flexibility index (Phi) is 5.03. The van der Waals surface area contributed by atoms with Gasteiger partial charge in [0.25, 0.3) is 0 Å². The summed E-state index contributed by atoms with van der Waals surface area (Å²) in [4.78, 5) is 6.99. The van der Waals surface area contributed by atoms with Gasteiger partial charge in [0.05, 0.1) is 5.52 Å².